The summed E-state index contributed by atoms with van der Waals surface area (Å²) in [6, 6.07) is 8.62. The number of amides is 2. The summed E-state index contributed by atoms with van der Waals surface area (Å²) in [5.41, 5.74) is 2.44. The molecule has 0 bridgehead atoms. The Balaban J connectivity index is 1.36. The Morgan fingerprint density at radius 2 is 1.58 bits per heavy atom. The van der Waals surface area contributed by atoms with Crippen molar-refractivity contribution in [2.75, 3.05) is 36.0 Å². The average molecular weight is 609 g/mol. The molecule has 192 valence electrons. The highest BCUT2D eigenvalue weighted by Gasteiger charge is 2.44. The molecule has 0 atom stereocenters. The first-order valence-corrected chi connectivity index (χ1v) is 13.4. The number of rotatable bonds is 4. The predicted octanol–water partition coefficient (Wildman–Crippen LogP) is 4.77. The molecule has 7 nitrogen and oxygen atoms in total. The van der Waals surface area contributed by atoms with Crippen molar-refractivity contribution in [1.82, 2.24) is 9.99 Å². The molecule has 1 aromatic carbocycles. The van der Waals surface area contributed by atoms with Gasteiger partial charge in [-0.05, 0) is 90.9 Å². The number of aryl methyl sites for hydroxylation is 1. The first-order chi connectivity index (χ1) is 17.1. The van der Waals surface area contributed by atoms with E-state index in [9.17, 15) is 18.4 Å². The van der Waals surface area contributed by atoms with Crippen molar-refractivity contribution in [2.24, 2.45) is 11.3 Å². The van der Waals surface area contributed by atoms with Crippen molar-refractivity contribution >= 4 is 45.9 Å². The third kappa shape index (κ3) is 5.20. The van der Waals surface area contributed by atoms with Crippen LogP contribution in [0.25, 0.3) is 0 Å². The van der Waals surface area contributed by atoms with Crippen LogP contribution in [0, 0.1) is 15.9 Å². The zero-order valence-electron chi connectivity index (χ0n) is 20.3. The van der Waals surface area contributed by atoms with E-state index in [1.807, 2.05) is 12.1 Å². The van der Waals surface area contributed by atoms with Gasteiger partial charge < -0.3 is 9.80 Å². The van der Waals surface area contributed by atoms with Crippen LogP contribution in [0.1, 0.15) is 64.9 Å². The molecule has 3 fully saturated rings. The van der Waals surface area contributed by atoms with Gasteiger partial charge in [0.05, 0.1) is 11.3 Å². The molecule has 2 aliphatic heterocycles. The van der Waals surface area contributed by atoms with Gasteiger partial charge in [-0.1, -0.05) is 0 Å². The molecular weight excluding hydrogens is 579 g/mol. The van der Waals surface area contributed by atoms with Gasteiger partial charge in [0, 0.05) is 53.8 Å². The molecule has 0 unspecified atom stereocenters. The summed E-state index contributed by atoms with van der Waals surface area (Å²) >= 11 is 2.22. The second-order valence-corrected chi connectivity index (χ2v) is 11.6. The number of imide groups is 1. The number of aromatic nitrogens is 1. The molecule has 1 aromatic heterocycles. The number of hydrogen-bond acceptors (Lipinski definition) is 6. The highest BCUT2D eigenvalue weighted by atomic mass is 127. The van der Waals surface area contributed by atoms with Gasteiger partial charge in [-0.2, -0.15) is 0 Å². The Morgan fingerprint density at radius 1 is 0.944 bits per heavy atom. The average Bonchev–Trinajstić information content (AvgIpc) is 3.61. The standard InChI is InChI=1S/C26H30F2IN5O2/c1-17-14-18(15-22(31-17)33-12-8-26(27,28)9-13-33)23(35)34(30)24(36)20-3-2-19(29)16-21(20)32-10-6-25(4-5-25)7-11-32/h2-3,14-16H,4-13,30H2,1H3. The van der Waals surface area contributed by atoms with E-state index < -0.39 is 17.7 Å². The number of nitrogens with zero attached hydrogens (tertiary/aromatic N) is 4. The van der Waals surface area contributed by atoms with Crippen LogP contribution < -0.4 is 15.6 Å². The van der Waals surface area contributed by atoms with Crippen molar-refractivity contribution < 1.29 is 18.4 Å². The van der Waals surface area contributed by atoms with Gasteiger partial charge in [-0.3, -0.25) is 9.59 Å². The number of pyridine rings is 1. The minimum atomic E-state index is -2.68. The monoisotopic (exact) mass is 609 g/mol. The van der Waals surface area contributed by atoms with Gasteiger partial charge in [0.1, 0.15) is 5.82 Å². The number of hydrogen-bond donors (Lipinski definition) is 1. The van der Waals surface area contributed by atoms with Crippen LogP contribution >= 0.6 is 22.6 Å². The first-order valence-electron chi connectivity index (χ1n) is 12.4. The fourth-order valence-electron chi connectivity index (χ4n) is 5.21. The Hall–Kier alpha value is -2.34. The van der Waals surface area contributed by atoms with E-state index in [0.717, 1.165) is 35.2 Å². The van der Waals surface area contributed by atoms with Crippen molar-refractivity contribution in [3.8, 4) is 0 Å². The SMILES string of the molecule is Cc1cc(C(=O)N(N)C(=O)c2ccc(I)cc2N2CCC3(CC2)CC3)cc(N2CCC(F)(F)CC2)n1. The lowest BCUT2D eigenvalue weighted by Gasteiger charge is -2.35. The second-order valence-electron chi connectivity index (χ2n) is 10.3. The van der Waals surface area contributed by atoms with Crippen LogP contribution in [0.5, 0.6) is 0 Å². The molecule has 1 saturated carbocycles. The molecule has 2 amide bonds. The molecule has 1 aliphatic carbocycles. The Bertz CT molecular complexity index is 1180. The maximum atomic E-state index is 13.6. The quantitative estimate of drug-likeness (QED) is 0.177. The van der Waals surface area contributed by atoms with Gasteiger partial charge in [0.2, 0.25) is 0 Å². The number of hydrazine groups is 1. The Morgan fingerprint density at radius 3 is 2.22 bits per heavy atom. The highest BCUT2D eigenvalue weighted by molar-refractivity contribution is 14.1. The first kappa shape index (κ1) is 25.3. The van der Waals surface area contributed by atoms with E-state index in [1.165, 1.54) is 18.9 Å². The molecule has 2 saturated heterocycles. The van der Waals surface area contributed by atoms with E-state index in [0.29, 0.717) is 27.5 Å². The van der Waals surface area contributed by atoms with Crippen LogP contribution in [-0.4, -0.2) is 53.9 Å². The molecule has 5 rings (SSSR count). The number of benzene rings is 1. The maximum absolute atomic E-state index is 13.6. The Labute approximate surface area is 223 Å². The summed E-state index contributed by atoms with van der Waals surface area (Å²) in [5.74, 6) is 2.63. The van der Waals surface area contributed by atoms with Crippen LogP contribution in [0.15, 0.2) is 30.3 Å². The minimum Gasteiger partial charge on any atom is -0.371 e. The lowest BCUT2D eigenvalue weighted by molar-refractivity contribution is -0.0221. The van der Waals surface area contributed by atoms with Crippen molar-refractivity contribution in [1.29, 1.82) is 0 Å². The normalized spacial score (nSPS) is 20.4. The molecule has 10 heteroatoms. The number of piperidine rings is 2. The van der Waals surface area contributed by atoms with Gasteiger partial charge in [0.15, 0.2) is 0 Å². The van der Waals surface area contributed by atoms with Crippen LogP contribution in [0.3, 0.4) is 0 Å². The molecular formula is C26H30F2IN5O2. The smallest absolute Gasteiger partial charge is 0.277 e. The molecule has 2 N–H and O–H groups in total. The topological polar surface area (TPSA) is 82.8 Å². The van der Waals surface area contributed by atoms with E-state index in [1.54, 1.807) is 24.0 Å². The summed E-state index contributed by atoms with van der Waals surface area (Å²) in [5, 5.41) is 0.654. The number of carbonyl (C=O) groups excluding carboxylic acids is 2. The van der Waals surface area contributed by atoms with Gasteiger partial charge in [0.25, 0.3) is 17.7 Å². The summed E-state index contributed by atoms with van der Waals surface area (Å²) in [6.45, 7) is 3.76. The molecule has 2 aromatic rings. The minimum absolute atomic E-state index is 0.144. The molecule has 3 aliphatic rings. The fraction of sp³-hybridized carbons (Fsp3) is 0.500. The summed E-state index contributed by atoms with van der Waals surface area (Å²) in [4.78, 5) is 35.1. The van der Waals surface area contributed by atoms with E-state index in [2.05, 4.69) is 32.5 Å². The number of halogens is 3. The molecule has 1 spiro atoms. The van der Waals surface area contributed by atoms with Gasteiger partial charge in [-0.25, -0.2) is 24.6 Å². The molecule has 0 radical (unpaired) electrons. The zero-order chi connectivity index (χ0) is 25.7. The summed E-state index contributed by atoms with van der Waals surface area (Å²) in [6.07, 6.45) is 4.27. The van der Waals surface area contributed by atoms with Gasteiger partial charge >= 0.3 is 0 Å². The van der Waals surface area contributed by atoms with E-state index in [4.69, 9.17) is 5.84 Å². The number of carbonyl (C=O) groups is 2. The predicted molar refractivity (Wildman–Crippen MR) is 142 cm³/mol. The maximum Gasteiger partial charge on any atom is 0.277 e. The lowest BCUT2D eigenvalue weighted by atomic mass is 9.93. The van der Waals surface area contributed by atoms with Crippen molar-refractivity contribution in [3.63, 3.8) is 0 Å². The van der Waals surface area contributed by atoms with Crippen LogP contribution in [0.2, 0.25) is 0 Å². The van der Waals surface area contributed by atoms with Gasteiger partial charge in [-0.15, -0.1) is 0 Å². The number of nitrogens with two attached hydrogens (primary N) is 1. The molecule has 3 heterocycles. The van der Waals surface area contributed by atoms with Crippen molar-refractivity contribution in [3.05, 3.63) is 50.7 Å². The third-order valence-electron chi connectivity index (χ3n) is 7.76. The third-order valence-corrected chi connectivity index (χ3v) is 8.43. The molecule has 36 heavy (non-hydrogen) atoms. The largest absolute Gasteiger partial charge is 0.371 e. The van der Waals surface area contributed by atoms with Crippen LogP contribution in [0.4, 0.5) is 20.3 Å². The summed E-state index contributed by atoms with van der Waals surface area (Å²) < 4.78 is 28.2. The van der Waals surface area contributed by atoms with E-state index in [-0.39, 0.29) is 31.5 Å². The number of anilines is 2. The number of alkyl halides is 2. The highest BCUT2D eigenvalue weighted by Crippen LogP contribution is 2.54. The van der Waals surface area contributed by atoms with E-state index >= 15 is 0 Å². The Kier molecular flexibility index (Phi) is 6.69. The fourth-order valence-corrected chi connectivity index (χ4v) is 5.68. The van der Waals surface area contributed by atoms with Crippen molar-refractivity contribution in [2.45, 2.75) is 51.4 Å². The van der Waals surface area contributed by atoms with Crippen LogP contribution in [-0.2, 0) is 0 Å². The lowest BCUT2D eigenvalue weighted by Crippen LogP contribution is -2.44. The second kappa shape index (κ2) is 9.51. The summed E-state index contributed by atoms with van der Waals surface area (Å²) in [7, 11) is 0. The zero-order valence-corrected chi connectivity index (χ0v) is 22.4.